The van der Waals surface area contributed by atoms with E-state index < -0.39 is 0 Å². The molecular weight excluding hydrogens is 300 g/mol. The first kappa shape index (κ1) is 13.4. The van der Waals surface area contributed by atoms with Crippen LogP contribution >= 0.6 is 11.8 Å². The number of benzene rings is 1. The minimum atomic E-state index is 0.467. The number of hydrogen-bond donors (Lipinski definition) is 0. The maximum atomic E-state index is 5.29. The predicted molar refractivity (Wildman–Crippen MR) is 79.2 cm³/mol. The second-order valence-electron chi connectivity index (χ2n) is 5.19. The molecule has 8 heteroatoms. The number of thioether (sulfide) groups is 1. The van der Waals surface area contributed by atoms with Gasteiger partial charge in [0.2, 0.25) is 11.0 Å². The van der Waals surface area contributed by atoms with Gasteiger partial charge in [-0.05, 0) is 28.8 Å². The number of hydrogen-bond acceptors (Lipinski definition) is 7. The van der Waals surface area contributed by atoms with E-state index in [9.17, 15) is 0 Å². The van der Waals surface area contributed by atoms with Gasteiger partial charge in [-0.15, -0.1) is 5.10 Å². The van der Waals surface area contributed by atoms with Crippen LogP contribution in [0.3, 0.4) is 0 Å². The van der Waals surface area contributed by atoms with Crippen molar-refractivity contribution in [2.24, 2.45) is 0 Å². The lowest BCUT2D eigenvalue weighted by Gasteiger charge is -1.99. The van der Waals surface area contributed by atoms with E-state index in [0.29, 0.717) is 29.9 Å². The van der Waals surface area contributed by atoms with Crippen molar-refractivity contribution in [3.05, 3.63) is 47.6 Å². The van der Waals surface area contributed by atoms with Crippen LogP contribution < -0.4 is 0 Å². The van der Waals surface area contributed by atoms with Crippen LogP contribution in [0, 0.1) is 0 Å². The van der Waals surface area contributed by atoms with E-state index in [-0.39, 0.29) is 0 Å². The third-order valence-corrected chi connectivity index (χ3v) is 4.31. The molecule has 0 aliphatic heterocycles. The van der Waals surface area contributed by atoms with Gasteiger partial charge in [0.1, 0.15) is 0 Å². The van der Waals surface area contributed by atoms with E-state index in [4.69, 9.17) is 4.52 Å². The van der Waals surface area contributed by atoms with Crippen LogP contribution in [0.25, 0.3) is 0 Å². The van der Waals surface area contributed by atoms with Gasteiger partial charge in [0.25, 0.3) is 0 Å². The first-order valence-corrected chi connectivity index (χ1v) is 8.13. The van der Waals surface area contributed by atoms with Crippen molar-refractivity contribution in [2.45, 2.75) is 36.2 Å². The second-order valence-corrected chi connectivity index (χ2v) is 6.14. The van der Waals surface area contributed by atoms with Crippen LogP contribution in [0.5, 0.6) is 0 Å². The fourth-order valence-corrected chi connectivity index (χ4v) is 2.94. The third kappa shape index (κ3) is 3.01. The largest absolute Gasteiger partial charge is 0.338 e. The summed E-state index contributed by atoms with van der Waals surface area (Å²) in [7, 11) is 0. The van der Waals surface area contributed by atoms with Crippen LogP contribution in [-0.2, 0) is 12.2 Å². The first-order valence-electron chi connectivity index (χ1n) is 7.14. The molecule has 4 rings (SSSR count). The first-order chi connectivity index (χ1) is 10.9. The molecule has 0 bridgehead atoms. The Morgan fingerprint density at radius 2 is 2.09 bits per heavy atom. The molecule has 7 nitrogen and oxygen atoms in total. The summed E-state index contributed by atoms with van der Waals surface area (Å²) in [5.74, 6) is 1.87. The lowest BCUT2D eigenvalue weighted by Crippen LogP contribution is -1.98. The lowest BCUT2D eigenvalue weighted by molar-refractivity contribution is 0.385. The van der Waals surface area contributed by atoms with E-state index in [1.165, 1.54) is 17.3 Å². The highest BCUT2D eigenvalue weighted by atomic mass is 32.2. The van der Waals surface area contributed by atoms with Gasteiger partial charge in [-0.1, -0.05) is 47.3 Å². The Balaban J connectivity index is 1.38. The fourth-order valence-electron chi connectivity index (χ4n) is 2.15. The van der Waals surface area contributed by atoms with Gasteiger partial charge in [-0.25, -0.2) is 4.68 Å². The normalized spacial score (nSPS) is 14.4. The van der Waals surface area contributed by atoms with Crippen molar-refractivity contribution in [2.75, 3.05) is 0 Å². The van der Waals surface area contributed by atoms with Crippen LogP contribution in [0.2, 0.25) is 0 Å². The van der Waals surface area contributed by atoms with Crippen molar-refractivity contribution >= 4 is 11.8 Å². The summed E-state index contributed by atoms with van der Waals surface area (Å²) in [5.41, 5.74) is 1.17. The summed E-state index contributed by atoms with van der Waals surface area (Å²) in [6.07, 6.45) is 2.98. The predicted octanol–water partition coefficient (Wildman–Crippen LogP) is 2.27. The van der Waals surface area contributed by atoms with Crippen molar-refractivity contribution in [1.82, 2.24) is 30.3 Å². The topological polar surface area (TPSA) is 82.5 Å². The molecule has 1 fully saturated rings. The van der Waals surface area contributed by atoms with Gasteiger partial charge in [0.05, 0.1) is 11.8 Å². The highest BCUT2D eigenvalue weighted by Gasteiger charge is 2.28. The molecule has 2 heterocycles. The lowest BCUT2D eigenvalue weighted by atomic mass is 10.1. The van der Waals surface area contributed by atoms with Gasteiger partial charge in [-0.2, -0.15) is 4.98 Å². The molecule has 1 saturated carbocycles. The maximum absolute atomic E-state index is 5.29. The molecule has 0 radical (unpaired) electrons. The second kappa shape index (κ2) is 5.88. The third-order valence-electron chi connectivity index (χ3n) is 3.40. The molecule has 2 aromatic heterocycles. The summed E-state index contributed by atoms with van der Waals surface area (Å²) in [4.78, 5) is 4.42. The van der Waals surface area contributed by atoms with Gasteiger partial charge < -0.3 is 4.52 Å². The Bertz CT molecular complexity index is 752. The Hall–Kier alpha value is -2.22. The Kier molecular flexibility index (Phi) is 3.59. The van der Waals surface area contributed by atoms with Crippen molar-refractivity contribution in [3.8, 4) is 0 Å². The molecular formula is C14H14N6OS. The van der Waals surface area contributed by atoms with Crippen LogP contribution in [0.1, 0.15) is 36.2 Å². The molecule has 0 spiro atoms. The van der Waals surface area contributed by atoms with Gasteiger partial charge in [0.15, 0.2) is 5.82 Å². The minimum Gasteiger partial charge on any atom is -0.338 e. The van der Waals surface area contributed by atoms with Crippen LogP contribution in [0.15, 0.2) is 40.0 Å². The molecule has 0 N–H and O–H groups in total. The fraction of sp³-hybridized carbons (Fsp3) is 0.357. The molecule has 0 atom stereocenters. The number of rotatable bonds is 6. The van der Waals surface area contributed by atoms with E-state index >= 15 is 0 Å². The summed E-state index contributed by atoms with van der Waals surface area (Å²) in [6, 6.07) is 10.6. The van der Waals surface area contributed by atoms with Gasteiger partial charge in [-0.3, -0.25) is 0 Å². The highest BCUT2D eigenvalue weighted by Crippen LogP contribution is 2.36. The average molecular weight is 314 g/mol. The standard InChI is InChI=1S/C14H14N6OS/c1-2-4-10(5-3-1)8-12-15-13(21-17-12)9-22-14-16-18-19-20(14)11-6-7-11/h1-5,11H,6-9H2. The summed E-state index contributed by atoms with van der Waals surface area (Å²) >= 11 is 1.53. The average Bonchev–Trinajstić information content (AvgIpc) is 3.11. The minimum absolute atomic E-state index is 0.467. The number of aromatic nitrogens is 6. The van der Waals surface area contributed by atoms with Crippen LogP contribution in [0.4, 0.5) is 0 Å². The number of nitrogens with zero attached hydrogens (tertiary/aromatic N) is 6. The van der Waals surface area contributed by atoms with E-state index in [1.807, 2.05) is 22.9 Å². The van der Waals surface area contributed by atoms with Crippen molar-refractivity contribution < 1.29 is 4.52 Å². The molecule has 1 aliphatic rings. The zero-order chi connectivity index (χ0) is 14.8. The molecule has 22 heavy (non-hydrogen) atoms. The van der Waals surface area contributed by atoms with E-state index in [1.54, 1.807) is 0 Å². The van der Waals surface area contributed by atoms with Gasteiger partial charge in [0, 0.05) is 6.42 Å². The molecule has 0 unspecified atom stereocenters. The number of tetrazole rings is 1. The van der Waals surface area contributed by atoms with Crippen molar-refractivity contribution in [3.63, 3.8) is 0 Å². The smallest absolute Gasteiger partial charge is 0.237 e. The maximum Gasteiger partial charge on any atom is 0.237 e. The molecule has 112 valence electrons. The molecule has 3 aromatic rings. The monoisotopic (exact) mass is 314 g/mol. The zero-order valence-electron chi connectivity index (χ0n) is 11.8. The van der Waals surface area contributed by atoms with Crippen molar-refractivity contribution in [1.29, 1.82) is 0 Å². The summed E-state index contributed by atoms with van der Waals surface area (Å²) < 4.78 is 7.17. The van der Waals surface area contributed by atoms with Gasteiger partial charge >= 0.3 is 0 Å². The Morgan fingerprint density at radius 1 is 1.23 bits per heavy atom. The molecule has 1 aliphatic carbocycles. The molecule has 0 amide bonds. The highest BCUT2D eigenvalue weighted by molar-refractivity contribution is 7.98. The zero-order valence-corrected chi connectivity index (χ0v) is 12.6. The van der Waals surface area contributed by atoms with E-state index in [0.717, 1.165) is 18.0 Å². The molecule has 1 aromatic carbocycles. The SMILES string of the molecule is c1ccc(Cc2noc(CSc3nnnn3C3CC3)n2)cc1. The quantitative estimate of drug-likeness (QED) is 0.645. The van der Waals surface area contributed by atoms with E-state index in [2.05, 4.69) is 37.8 Å². The molecule has 0 saturated heterocycles. The summed E-state index contributed by atoms with van der Waals surface area (Å²) in [6.45, 7) is 0. The van der Waals surface area contributed by atoms with Crippen LogP contribution in [-0.4, -0.2) is 30.3 Å². The summed E-state index contributed by atoms with van der Waals surface area (Å²) in [5, 5.41) is 16.6. The Labute approximate surface area is 131 Å². The Morgan fingerprint density at radius 3 is 2.91 bits per heavy atom.